The molecule has 0 radical (unpaired) electrons. The van der Waals surface area contributed by atoms with Crippen LogP contribution < -0.4 is 19.9 Å². The van der Waals surface area contributed by atoms with Crippen molar-refractivity contribution < 1.29 is 14.2 Å². The molecule has 8 heteroatoms. The van der Waals surface area contributed by atoms with Gasteiger partial charge in [0.15, 0.2) is 0 Å². The van der Waals surface area contributed by atoms with Crippen LogP contribution in [0.25, 0.3) is 0 Å². The quantitative estimate of drug-likeness (QED) is 0.554. The van der Waals surface area contributed by atoms with Crippen LogP contribution in [0.3, 0.4) is 0 Å². The molecule has 0 aliphatic carbocycles. The molecule has 0 saturated carbocycles. The Kier molecular flexibility index (Phi) is 7.53. The van der Waals surface area contributed by atoms with Crippen LogP contribution in [0.5, 0.6) is 11.5 Å². The van der Waals surface area contributed by atoms with Gasteiger partial charge in [-0.05, 0) is 26.7 Å². The second-order valence-electron chi connectivity index (χ2n) is 6.60. The van der Waals surface area contributed by atoms with Crippen molar-refractivity contribution in [3.8, 4) is 11.5 Å². The van der Waals surface area contributed by atoms with E-state index in [0.29, 0.717) is 24.7 Å². The van der Waals surface area contributed by atoms with Gasteiger partial charge in [0.1, 0.15) is 17.2 Å². The number of nitrogens with zero attached hydrogens (tertiary/aromatic N) is 4. The molecular formula is C19H31N5O3. The van der Waals surface area contributed by atoms with Gasteiger partial charge in [-0.15, -0.1) is 5.11 Å². The van der Waals surface area contributed by atoms with Crippen molar-refractivity contribution in [1.82, 2.24) is 10.5 Å². The van der Waals surface area contributed by atoms with E-state index in [4.69, 9.17) is 14.2 Å². The molecule has 0 amide bonds. The molecule has 3 rings (SSSR count). The van der Waals surface area contributed by atoms with Crippen LogP contribution in [0.4, 0.5) is 11.4 Å². The van der Waals surface area contributed by atoms with Gasteiger partial charge < -0.3 is 19.1 Å². The first-order valence-corrected chi connectivity index (χ1v) is 9.99. The van der Waals surface area contributed by atoms with Gasteiger partial charge in [0.05, 0.1) is 32.1 Å². The minimum atomic E-state index is 0.568. The zero-order valence-electron chi connectivity index (χ0n) is 16.4. The lowest BCUT2D eigenvalue weighted by Crippen LogP contribution is -2.38. The maximum atomic E-state index is 5.89. The zero-order valence-corrected chi connectivity index (χ0v) is 16.4. The first kappa shape index (κ1) is 19.7. The van der Waals surface area contributed by atoms with Crippen LogP contribution in [0, 0.1) is 0 Å². The highest BCUT2D eigenvalue weighted by molar-refractivity contribution is 5.70. The topological polar surface area (TPSA) is 70.9 Å². The number of nitrogens with one attached hydrogen (secondary N) is 1. The molecule has 2 aliphatic heterocycles. The molecule has 1 aromatic rings. The number of hydrazine groups is 1. The smallest absolute Gasteiger partial charge is 0.149 e. The monoisotopic (exact) mass is 377 g/mol. The van der Waals surface area contributed by atoms with Crippen molar-refractivity contribution in [3.05, 3.63) is 12.1 Å². The fourth-order valence-corrected chi connectivity index (χ4v) is 3.34. The third-order valence-electron chi connectivity index (χ3n) is 4.69. The number of piperidine rings is 1. The molecule has 8 nitrogen and oxygen atoms in total. The van der Waals surface area contributed by atoms with Gasteiger partial charge >= 0.3 is 0 Å². The molecule has 27 heavy (non-hydrogen) atoms. The summed E-state index contributed by atoms with van der Waals surface area (Å²) < 4.78 is 17.2. The van der Waals surface area contributed by atoms with Crippen molar-refractivity contribution >= 4 is 11.4 Å². The lowest BCUT2D eigenvalue weighted by atomic mass is 10.2. The Labute approximate surface area is 161 Å². The molecule has 150 valence electrons. The number of ether oxygens (including phenoxy) is 3. The summed E-state index contributed by atoms with van der Waals surface area (Å²) in [6.45, 7) is 10.2. The Hall–Kier alpha value is -2.06. The van der Waals surface area contributed by atoms with Gasteiger partial charge in [0.2, 0.25) is 0 Å². The molecule has 1 N–H and O–H groups in total. The molecule has 2 heterocycles. The van der Waals surface area contributed by atoms with E-state index in [9.17, 15) is 0 Å². The number of benzene rings is 1. The van der Waals surface area contributed by atoms with E-state index in [1.54, 1.807) is 0 Å². The third kappa shape index (κ3) is 5.46. The normalized spacial score (nSPS) is 18.7. The minimum Gasteiger partial charge on any atom is -0.492 e. The van der Waals surface area contributed by atoms with Crippen LogP contribution in [-0.2, 0) is 4.74 Å². The fraction of sp³-hybridized carbons (Fsp3) is 0.684. The maximum absolute atomic E-state index is 5.89. The van der Waals surface area contributed by atoms with Gasteiger partial charge in [0, 0.05) is 38.3 Å². The van der Waals surface area contributed by atoms with Crippen LogP contribution in [0.2, 0.25) is 0 Å². The number of hydrogen-bond donors (Lipinski definition) is 1. The average Bonchev–Trinajstić information content (AvgIpc) is 2.71. The molecule has 0 unspecified atom stereocenters. The summed E-state index contributed by atoms with van der Waals surface area (Å²) in [7, 11) is 0. The highest BCUT2D eigenvalue weighted by atomic mass is 16.5. The van der Waals surface area contributed by atoms with Crippen molar-refractivity contribution in [2.45, 2.75) is 33.1 Å². The summed E-state index contributed by atoms with van der Waals surface area (Å²) in [5.74, 6) is 1.52. The van der Waals surface area contributed by atoms with Gasteiger partial charge in [0.25, 0.3) is 0 Å². The van der Waals surface area contributed by atoms with E-state index in [1.165, 1.54) is 19.3 Å². The predicted molar refractivity (Wildman–Crippen MR) is 105 cm³/mol. The highest BCUT2D eigenvalue weighted by Crippen LogP contribution is 2.40. The molecule has 0 bridgehead atoms. The number of rotatable bonds is 8. The van der Waals surface area contributed by atoms with Crippen molar-refractivity contribution in [1.29, 1.82) is 0 Å². The van der Waals surface area contributed by atoms with Crippen molar-refractivity contribution in [2.24, 2.45) is 10.3 Å². The van der Waals surface area contributed by atoms with Gasteiger partial charge in [-0.3, -0.25) is 0 Å². The van der Waals surface area contributed by atoms with Gasteiger partial charge in [-0.2, -0.15) is 0 Å². The first-order valence-electron chi connectivity index (χ1n) is 9.99. The third-order valence-corrected chi connectivity index (χ3v) is 4.69. The molecule has 2 saturated heterocycles. The van der Waals surface area contributed by atoms with E-state index in [-0.39, 0.29) is 0 Å². The van der Waals surface area contributed by atoms with Crippen LogP contribution in [0.15, 0.2) is 22.5 Å². The number of morpholine rings is 1. The number of hydrogen-bond acceptors (Lipinski definition) is 7. The van der Waals surface area contributed by atoms with E-state index in [2.05, 4.69) is 25.8 Å². The molecule has 2 fully saturated rings. The molecule has 2 aliphatic rings. The van der Waals surface area contributed by atoms with E-state index < -0.39 is 0 Å². The summed E-state index contributed by atoms with van der Waals surface area (Å²) in [5, 5.41) is 10.7. The molecule has 0 aromatic heterocycles. The summed E-state index contributed by atoms with van der Waals surface area (Å²) >= 11 is 0. The van der Waals surface area contributed by atoms with Gasteiger partial charge in [-0.25, -0.2) is 10.5 Å². The zero-order chi connectivity index (χ0) is 18.9. The highest BCUT2D eigenvalue weighted by Gasteiger charge is 2.19. The Morgan fingerprint density at radius 1 is 0.963 bits per heavy atom. The lowest BCUT2D eigenvalue weighted by Gasteiger charge is -2.30. The second kappa shape index (κ2) is 10.3. The van der Waals surface area contributed by atoms with Crippen LogP contribution >= 0.6 is 0 Å². The van der Waals surface area contributed by atoms with Gasteiger partial charge in [-0.1, -0.05) is 11.6 Å². The maximum Gasteiger partial charge on any atom is 0.149 e. The Morgan fingerprint density at radius 3 is 2.37 bits per heavy atom. The SMILES string of the molecule is CCOc1cc(N2CCOCC2)c(OCC)cc1N=NNN1CCCCC1. The molecule has 0 atom stereocenters. The van der Waals surface area contributed by atoms with E-state index >= 15 is 0 Å². The molecule has 1 aromatic carbocycles. The van der Waals surface area contributed by atoms with Crippen molar-refractivity contribution in [3.63, 3.8) is 0 Å². The standard InChI is InChI=1S/C19H31N5O3/c1-3-26-18-15-17(23-10-12-25-13-11-23)19(27-4-2)14-16(18)20-21-22-24-8-6-5-7-9-24/h14-15H,3-13H2,1-2H3,(H,20,22). The summed E-state index contributed by atoms with van der Waals surface area (Å²) in [4.78, 5) is 2.27. The summed E-state index contributed by atoms with van der Waals surface area (Å²) in [6.07, 6.45) is 3.66. The number of anilines is 1. The Bertz CT molecular complexity index is 614. The van der Waals surface area contributed by atoms with E-state index in [1.807, 2.05) is 26.0 Å². The molecular weight excluding hydrogens is 346 g/mol. The largest absolute Gasteiger partial charge is 0.492 e. The Balaban J connectivity index is 1.81. The van der Waals surface area contributed by atoms with Crippen LogP contribution in [0.1, 0.15) is 33.1 Å². The second-order valence-corrected chi connectivity index (χ2v) is 6.60. The average molecular weight is 377 g/mol. The first-order chi connectivity index (χ1) is 13.3. The minimum absolute atomic E-state index is 0.568. The predicted octanol–water partition coefficient (Wildman–Crippen LogP) is 3.31. The fourth-order valence-electron chi connectivity index (χ4n) is 3.34. The summed E-state index contributed by atoms with van der Waals surface area (Å²) in [5.41, 5.74) is 4.73. The molecule has 0 spiro atoms. The van der Waals surface area contributed by atoms with E-state index in [0.717, 1.165) is 50.8 Å². The lowest BCUT2D eigenvalue weighted by molar-refractivity contribution is 0.122. The summed E-state index contributed by atoms with van der Waals surface area (Å²) in [6, 6.07) is 3.93. The Morgan fingerprint density at radius 2 is 1.67 bits per heavy atom. The van der Waals surface area contributed by atoms with Crippen molar-refractivity contribution in [2.75, 3.05) is 57.5 Å². The van der Waals surface area contributed by atoms with Crippen LogP contribution in [-0.4, -0.2) is 57.6 Å².